The van der Waals surface area contributed by atoms with Crippen LogP contribution in [0, 0.1) is 11.8 Å². The SMILES string of the molecule is CC1C[C@H]2Cc3ccccc3[C@@]2(O)C1=O. The summed E-state index contributed by atoms with van der Waals surface area (Å²) in [6.45, 7) is 1.92. The van der Waals surface area contributed by atoms with Gasteiger partial charge >= 0.3 is 0 Å². The summed E-state index contributed by atoms with van der Waals surface area (Å²) in [6, 6.07) is 7.78. The van der Waals surface area contributed by atoms with Gasteiger partial charge in [0.1, 0.15) is 0 Å². The van der Waals surface area contributed by atoms with E-state index in [1.807, 2.05) is 31.2 Å². The van der Waals surface area contributed by atoms with Gasteiger partial charge in [0.25, 0.3) is 0 Å². The lowest BCUT2D eigenvalue weighted by molar-refractivity contribution is -0.138. The number of aliphatic hydroxyl groups is 1. The van der Waals surface area contributed by atoms with Crippen molar-refractivity contribution in [2.24, 2.45) is 11.8 Å². The van der Waals surface area contributed by atoms with Crippen molar-refractivity contribution in [1.82, 2.24) is 0 Å². The lowest BCUT2D eigenvalue weighted by atomic mass is 9.89. The molecule has 1 fully saturated rings. The third kappa shape index (κ3) is 0.953. The highest BCUT2D eigenvalue weighted by Crippen LogP contribution is 2.51. The van der Waals surface area contributed by atoms with E-state index in [4.69, 9.17) is 0 Å². The first kappa shape index (κ1) is 9.10. The van der Waals surface area contributed by atoms with Crippen molar-refractivity contribution in [2.75, 3.05) is 0 Å². The topological polar surface area (TPSA) is 37.3 Å². The van der Waals surface area contributed by atoms with E-state index in [1.165, 1.54) is 0 Å². The molecule has 78 valence electrons. The Hall–Kier alpha value is -1.15. The molecule has 0 saturated heterocycles. The number of carbonyl (C=O) groups is 1. The zero-order valence-electron chi connectivity index (χ0n) is 8.73. The summed E-state index contributed by atoms with van der Waals surface area (Å²) < 4.78 is 0. The van der Waals surface area contributed by atoms with Gasteiger partial charge in [-0.3, -0.25) is 4.79 Å². The molecule has 0 radical (unpaired) electrons. The number of fused-ring (bicyclic) bond motifs is 3. The highest BCUT2D eigenvalue weighted by Gasteiger charge is 2.57. The van der Waals surface area contributed by atoms with Gasteiger partial charge in [0.05, 0.1) is 0 Å². The van der Waals surface area contributed by atoms with Crippen molar-refractivity contribution >= 4 is 5.78 Å². The monoisotopic (exact) mass is 202 g/mol. The Morgan fingerprint density at radius 1 is 1.40 bits per heavy atom. The van der Waals surface area contributed by atoms with Gasteiger partial charge in [0.2, 0.25) is 0 Å². The van der Waals surface area contributed by atoms with E-state index < -0.39 is 5.60 Å². The first-order chi connectivity index (χ1) is 7.14. The highest BCUT2D eigenvalue weighted by atomic mass is 16.3. The fourth-order valence-electron chi connectivity index (χ4n) is 3.20. The minimum absolute atomic E-state index is 0.00774. The summed E-state index contributed by atoms with van der Waals surface area (Å²) >= 11 is 0. The van der Waals surface area contributed by atoms with Crippen LogP contribution in [0.2, 0.25) is 0 Å². The lowest BCUT2D eigenvalue weighted by Crippen LogP contribution is -2.35. The molecule has 1 saturated carbocycles. The number of Topliss-reactive ketones (excluding diaryl/α,β-unsaturated/α-hetero) is 1. The van der Waals surface area contributed by atoms with Crippen LogP contribution in [-0.4, -0.2) is 10.9 Å². The zero-order chi connectivity index (χ0) is 10.6. The first-order valence-corrected chi connectivity index (χ1v) is 5.49. The molecule has 1 aromatic carbocycles. The average Bonchev–Trinajstić information content (AvgIpc) is 2.63. The molecule has 0 amide bonds. The van der Waals surface area contributed by atoms with Crippen LogP contribution < -0.4 is 0 Å². The Bertz CT molecular complexity index is 438. The van der Waals surface area contributed by atoms with E-state index in [2.05, 4.69) is 0 Å². The van der Waals surface area contributed by atoms with Gasteiger partial charge in [-0.2, -0.15) is 0 Å². The van der Waals surface area contributed by atoms with Gasteiger partial charge < -0.3 is 5.11 Å². The van der Waals surface area contributed by atoms with Crippen LogP contribution >= 0.6 is 0 Å². The second kappa shape index (κ2) is 2.70. The summed E-state index contributed by atoms with van der Waals surface area (Å²) in [5.74, 6) is 0.128. The van der Waals surface area contributed by atoms with Gasteiger partial charge in [-0.25, -0.2) is 0 Å². The van der Waals surface area contributed by atoms with Gasteiger partial charge in [-0.15, -0.1) is 0 Å². The Morgan fingerprint density at radius 2 is 2.13 bits per heavy atom. The van der Waals surface area contributed by atoms with Crippen LogP contribution in [0.5, 0.6) is 0 Å². The standard InChI is InChI=1S/C13H14O2/c1-8-6-10-7-9-4-2-3-5-11(9)13(10,15)12(8)14/h2-5,8,10,15H,6-7H2,1H3/t8?,10-,13+/m0/s1. The number of benzene rings is 1. The third-order valence-electron chi connectivity index (χ3n) is 3.95. The van der Waals surface area contributed by atoms with Crippen molar-refractivity contribution in [1.29, 1.82) is 0 Å². The molecule has 2 nitrogen and oxygen atoms in total. The second-order valence-corrected chi connectivity index (χ2v) is 4.83. The van der Waals surface area contributed by atoms with Gasteiger partial charge in [0.15, 0.2) is 11.4 Å². The highest BCUT2D eigenvalue weighted by molar-refractivity contribution is 5.94. The summed E-state index contributed by atoms with van der Waals surface area (Å²) in [5.41, 5.74) is 0.824. The van der Waals surface area contributed by atoms with Crippen LogP contribution in [0.25, 0.3) is 0 Å². The molecule has 3 atom stereocenters. The number of rotatable bonds is 0. The van der Waals surface area contributed by atoms with Gasteiger partial charge in [-0.05, 0) is 24.0 Å². The molecule has 2 heteroatoms. The zero-order valence-corrected chi connectivity index (χ0v) is 8.73. The molecule has 1 N–H and O–H groups in total. The smallest absolute Gasteiger partial charge is 0.172 e. The summed E-state index contributed by atoms with van der Waals surface area (Å²) in [6.07, 6.45) is 1.67. The molecule has 0 spiro atoms. The van der Waals surface area contributed by atoms with E-state index >= 15 is 0 Å². The van der Waals surface area contributed by atoms with E-state index in [-0.39, 0.29) is 17.6 Å². The number of ketones is 1. The lowest BCUT2D eigenvalue weighted by Gasteiger charge is -2.22. The molecule has 0 bridgehead atoms. The van der Waals surface area contributed by atoms with Crippen LogP contribution in [0.4, 0.5) is 0 Å². The molecular formula is C13H14O2. The molecule has 0 heterocycles. The molecule has 2 aliphatic rings. The van der Waals surface area contributed by atoms with Crippen molar-refractivity contribution < 1.29 is 9.90 Å². The summed E-state index contributed by atoms with van der Waals surface area (Å²) in [7, 11) is 0. The fraction of sp³-hybridized carbons (Fsp3) is 0.462. The van der Waals surface area contributed by atoms with Crippen molar-refractivity contribution in [2.45, 2.75) is 25.4 Å². The van der Waals surface area contributed by atoms with Crippen LogP contribution in [-0.2, 0) is 16.8 Å². The summed E-state index contributed by atoms with van der Waals surface area (Å²) in [4.78, 5) is 12.0. The van der Waals surface area contributed by atoms with Crippen LogP contribution in [0.1, 0.15) is 24.5 Å². The minimum Gasteiger partial charge on any atom is -0.377 e. The molecule has 15 heavy (non-hydrogen) atoms. The van der Waals surface area contributed by atoms with E-state index in [0.29, 0.717) is 0 Å². The minimum atomic E-state index is -1.17. The molecule has 1 unspecified atom stereocenters. The predicted octanol–water partition coefficient (Wildman–Crippen LogP) is 1.66. The molecule has 2 aliphatic carbocycles. The Kier molecular flexibility index (Phi) is 1.64. The number of carbonyl (C=O) groups excluding carboxylic acids is 1. The third-order valence-corrected chi connectivity index (χ3v) is 3.95. The predicted molar refractivity (Wildman–Crippen MR) is 56.3 cm³/mol. The maximum atomic E-state index is 12.0. The van der Waals surface area contributed by atoms with E-state index in [0.717, 1.165) is 24.0 Å². The van der Waals surface area contributed by atoms with E-state index in [9.17, 15) is 9.90 Å². The normalized spacial score (nSPS) is 37.9. The molecular weight excluding hydrogens is 188 g/mol. The van der Waals surface area contributed by atoms with Crippen LogP contribution in [0.15, 0.2) is 24.3 Å². The van der Waals surface area contributed by atoms with E-state index in [1.54, 1.807) is 0 Å². The second-order valence-electron chi connectivity index (χ2n) is 4.83. The van der Waals surface area contributed by atoms with Crippen molar-refractivity contribution in [3.05, 3.63) is 35.4 Å². The Balaban J connectivity index is 2.19. The maximum absolute atomic E-state index is 12.0. The largest absolute Gasteiger partial charge is 0.377 e. The molecule has 0 aliphatic heterocycles. The fourth-order valence-corrected chi connectivity index (χ4v) is 3.20. The van der Waals surface area contributed by atoms with Gasteiger partial charge in [0, 0.05) is 11.8 Å². The van der Waals surface area contributed by atoms with Crippen LogP contribution in [0.3, 0.4) is 0 Å². The quantitative estimate of drug-likeness (QED) is 0.694. The summed E-state index contributed by atoms with van der Waals surface area (Å²) in [5, 5.41) is 10.6. The molecule has 0 aromatic heterocycles. The Morgan fingerprint density at radius 3 is 2.93 bits per heavy atom. The van der Waals surface area contributed by atoms with Crippen molar-refractivity contribution in [3.63, 3.8) is 0 Å². The average molecular weight is 202 g/mol. The maximum Gasteiger partial charge on any atom is 0.172 e. The Labute approximate surface area is 88.9 Å². The first-order valence-electron chi connectivity index (χ1n) is 5.49. The number of hydrogen-bond donors (Lipinski definition) is 1. The van der Waals surface area contributed by atoms with Crippen molar-refractivity contribution in [3.8, 4) is 0 Å². The number of hydrogen-bond acceptors (Lipinski definition) is 2. The molecule has 1 aromatic rings. The molecule has 3 rings (SSSR count). The van der Waals surface area contributed by atoms with Gasteiger partial charge in [-0.1, -0.05) is 31.2 Å².